The number of hydrogen-bond donors (Lipinski definition) is 1. The lowest BCUT2D eigenvalue weighted by atomic mass is 9.77. The predicted molar refractivity (Wildman–Crippen MR) is 190 cm³/mol. The van der Waals surface area contributed by atoms with Gasteiger partial charge in [0.2, 0.25) is 17.7 Å². The molecule has 4 heterocycles. The van der Waals surface area contributed by atoms with Gasteiger partial charge in [-0.25, -0.2) is 0 Å². The van der Waals surface area contributed by atoms with Crippen molar-refractivity contribution in [1.82, 2.24) is 14.7 Å². The minimum absolute atomic E-state index is 0.0332. The third-order valence-electron chi connectivity index (χ3n) is 11.8. The smallest absolute Gasteiger partial charge is 0.313 e. The fourth-order valence-corrected chi connectivity index (χ4v) is 9.10. The highest BCUT2D eigenvalue weighted by molar-refractivity contribution is 5.99. The number of amides is 3. The fourth-order valence-electron chi connectivity index (χ4n) is 9.10. The van der Waals surface area contributed by atoms with Crippen LogP contribution in [0.1, 0.15) is 69.1 Å². The topological polar surface area (TPSA) is 117 Å². The Morgan fingerprint density at radius 3 is 2.33 bits per heavy atom. The molecule has 270 valence electrons. The van der Waals surface area contributed by atoms with Crippen molar-refractivity contribution in [1.29, 1.82) is 0 Å². The number of carbonyl (C=O) groups excluding carboxylic acids is 4. The number of fused-ring (bicyclic) bond motifs is 2. The van der Waals surface area contributed by atoms with E-state index in [-0.39, 0.29) is 30.9 Å². The number of rotatable bonds is 6. The Hall–Kier alpha value is -4.28. The highest BCUT2D eigenvalue weighted by atomic mass is 16.6. The van der Waals surface area contributed by atoms with Crippen LogP contribution in [0.5, 0.6) is 0 Å². The first-order valence-corrected chi connectivity index (χ1v) is 18.6. The van der Waals surface area contributed by atoms with Gasteiger partial charge in [0, 0.05) is 26.1 Å². The van der Waals surface area contributed by atoms with Gasteiger partial charge in [-0.3, -0.25) is 19.2 Å². The lowest BCUT2D eigenvalue weighted by Crippen LogP contribution is -2.60. The van der Waals surface area contributed by atoms with Crippen LogP contribution in [0.4, 0.5) is 0 Å². The van der Waals surface area contributed by atoms with Crippen molar-refractivity contribution in [3.63, 3.8) is 0 Å². The van der Waals surface area contributed by atoms with Gasteiger partial charge < -0.3 is 29.3 Å². The van der Waals surface area contributed by atoms with Gasteiger partial charge in [0.05, 0.1) is 30.7 Å². The maximum atomic E-state index is 15.1. The van der Waals surface area contributed by atoms with Crippen molar-refractivity contribution in [2.45, 2.75) is 100 Å². The SMILES string of the molecule is C[C@@H]1[C@@H](c2ccccc2)OC(=O)[C@@H]2[C@H]3C(=O)N([C@@H](CO)Cc4ccccc4)[C@@H]4C(=O)N(C5CCCCC5)CC=C[C@]34O[C@@H]2/C=C\CCC(=O)N1C. The molecule has 7 rings (SSSR count). The molecule has 0 aromatic heterocycles. The average Bonchev–Trinajstić information content (AvgIpc) is 3.55. The summed E-state index contributed by atoms with van der Waals surface area (Å²) >= 11 is 0. The van der Waals surface area contributed by atoms with E-state index in [1.54, 1.807) is 22.9 Å². The molecule has 5 aliphatic rings. The Morgan fingerprint density at radius 1 is 0.922 bits per heavy atom. The van der Waals surface area contributed by atoms with E-state index in [9.17, 15) is 14.7 Å². The van der Waals surface area contributed by atoms with Crippen LogP contribution in [0.3, 0.4) is 0 Å². The molecule has 10 heteroatoms. The molecule has 2 aromatic rings. The van der Waals surface area contributed by atoms with Gasteiger partial charge in [0.25, 0.3) is 0 Å². The quantitative estimate of drug-likeness (QED) is 0.352. The predicted octanol–water partition coefficient (Wildman–Crippen LogP) is 4.38. The second-order valence-corrected chi connectivity index (χ2v) is 14.8. The first-order chi connectivity index (χ1) is 24.7. The molecule has 2 aromatic carbocycles. The standard InChI is InChI=1S/C41H49N3O7/c1-27-36(29-17-8-4-9-18-29)50-40(49)34-32(21-12-13-22-33(46)42(27)2)51-41-23-14-24-43(30-19-10-5-11-20-30)39(48)37(41)44(38(47)35(34)41)31(26-45)25-28-15-6-3-7-16-28/h3-4,6-9,12,14-18,21,23,27,30-32,34-37,45H,5,10-11,13,19-20,22,24-26H2,1-2H3/b21-12-/t27-,31-,32-,34+,35+,36+,37-,41+/m1/s1. The zero-order chi connectivity index (χ0) is 35.7. The van der Waals surface area contributed by atoms with Crippen LogP contribution in [-0.2, 0) is 35.1 Å². The van der Waals surface area contributed by atoms with Gasteiger partial charge in [-0.2, -0.15) is 0 Å². The molecule has 1 aliphatic carbocycles. The molecule has 51 heavy (non-hydrogen) atoms. The maximum absolute atomic E-state index is 15.1. The Kier molecular flexibility index (Phi) is 10.2. The molecule has 8 atom stereocenters. The molecular weight excluding hydrogens is 646 g/mol. The van der Waals surface area contributed by atoms with Crippen LogP contribution >= 0.6 is 0 Å². The number of allylic oxidation sites excluding steroid dienone is 1. The molecular formula is C41H49N3O7. The van der Waals surface area contributed by atoms with Crippen molar-refractivity contribution in [3.05, 3.63) is 96.1 Å². The van der Waals surface area contributed by atoms with Crippen molar-refractivity contribution in [3.8, 4) is 0 Å². The van der Waals surface area contributed by atoms with Crippen molar-refractivity contribution < 1.29 is 33.8 Å². The number of aliphatic hydroxyl groups is 1. The lowest BCUT2D eigenvalue weighted by Gasteiger charge is -2.41. The first-order valence-electron chi connectivity index (χ1n) is 18.6. The van der Waals surface area contributed by atoms with E-state index in [0.717, 1.165) is 43.2 Å². The van der Waals surface area contributed by atoms with E-state index in [2.05, 4.69) is 0 Å². The molecule has 4 aliphatic heterocycles. The van der Waals surface area contributed by atoms with Crippen LogP contribution in [0, 0.1) is 11.8 Å². The summed E-state index contributed by atoms with van der Waals surface area (Å²) in [5, 5.41) is 10.9. The molecule has 0 radical (unpaired) electrons. The van der Waals surface area contributed by atoms with E-state index in [0.29, 0.717) is 19.4 Å². The number of carbonyl (C=O) groups is 4. The van der Waals surface area contributed by atoms with Gasteiger partial charge in [-0.05, 0) is 43.7 Å². The molecule has 3 fully saturated rings. The van der Waals surface area contributed by atoms with Gasteiger partial charge in [-0.15, -0.1) is 0 Å². The van der Waals surface area contributed by atoms with Crippen molar-refractivity contribution >= 4 is 23.7 Å². The second kappa shape index (κ2) is 14.8. The van der Waals surface area contributed by atoms with Gasteiger partial charge in [0.15, 0.2) is 0 Å². The molecule has 0 unspecified atom stereocenters. The van der Waals surface area contributed by atoms with E-state index < -0.39 is 59.6 Å². The summed E-state index contributed by atoms with van der Waals surface area (Å²) in [6.07, 6.45) is 11.6. The van der Waals surface area contributed by atoms with E-state index in [1.165, 1.54) is 0 Å². The number of esters is 1. The number of likely N-dealkylation sites (tertiary alicyclic amines) is 1. The van der Waals surface area contributed by atoms with Gasteiger partial charge >= 0.3 is 5.97 Å². The summed E-state index contributed by atoms with van der Waals surface area (Å²) in [6, 6.07) is 16.7. The molecule has 2 saturated heterocycles. The summed E-state index contributed by atoms with van der Waals surface area (Å²) in [4.78, 5) is 63.1. The summed E-state index contributed by atoms with van der Waals surface area (Å²) < 4.78 is 13.3. The van der Waals surface area contributed by atoms with Crippen LogP contribution in [0.2, 0.25) is 0 Å². The maximum Gasteiger partial charge on any atom is 0.313 e. The van der Waals surface area contributed by atoms with E-state index in [4.69, 9.17) is 9.47 Å². The number of benzene rings is 2. The second-order valence-electron chi connectivity index (χ2n) is 14.8. The Bertz CT molecular complexity index is 1660. The minimum atomic E-state index is -1.47. The number of nitrogens with zero attached hydrogens (tertiary/aromatic N) is 3. The summed E-state index contributed by atoms with van der Waals surface area (Å²) in [6.45, 7) is 1.86. The van der Waals surface area contributed by atoms with Gasteiger partial charge in [0.1, 0.15) is 23.7 Å². The highest BCUT2D eigenvalue weighted by Gasteiger charge is 2.72. The van der Waals surface area contributed by atoms with Crippen molar-refractivity contribution in [2.75, 3.05) is 20.2 Å². The monoisotopic (exact) mass is 695 g/mol. The average molecular weight is 696 g/mol. The third kappa shape index (κ3) is 6.41. The largest absolute Gasteiger partial charge is 0.455 e. The minimum Gasteiger partial charge on any atom is -0.455 e. The van der Waals surface area contributed by atoms with Crippen molar-refractivity contribution in [2.24, 2.45) is 11.8 Å². The zero-order valence-corrected chi connectivity index (χ0v) is 29.5. The van der Waals surface area contributed by atoms with Crippen LogP contribution in [0.15, 0.2) is 85.0 Å². The number of ether oxygens (including phenoxy) is 2. The lowest BCUT2D eigenvalue weighted by molar-refractivity contribution is -0.164. The molecule has 1 N–H and O–H groups in total. The normalized spacial score (nSPS) is 33.0. The number of hydrogen-bond acceptors (Lipinski definition) is 7. The first kappa shape index (κ1) is 35.1. The molecule has 3 amide bonds. The van der Waals surface area contributed by atoms with E-state index in [1.807, 2.05) is 90.7 Å². The third-order valence-corrected chi connectivity index (χ3v) is 11.8. The Morgan fingerprint density at radius 2 is 1.63 bits per heavy atom. The number of cyclic esters (lactones) is 1. The van der Waals surface area contributed by atoms with Gasteiger partial charge in [-0.1, -0.05) is 104 Å². The van der Waals surface area contributed by atoms with Crippen LogP contribution < -0.4 is 0 Å². The molecule has 10 nitrogen and oxygen atoms in total. The summed E-state index contributed by atoms with van der Waals surface area (Å²) in [7, 11) is 1.72. The molecule has 1 spiro atoms. The number of likely N-dealkylation sites (N-methyl/N-ethyl adjacent to an activating group) is 1. The highest BCUT2D eigenvalue weighted by Crippen LogP contribution is 2.54. The summed E-state index contributed by atoms with van der Waals surface area (Å²) in [5.74, 6) is -3.47. The Balaban J connectivity index is 1.33. The van der Waals surface area contributed by atoms with E-state index >= 15 is 9.59 Å². The summed E-state index contributed by atoms with van der Waals surface area (Å²) in [5.41, 5.74) is 0.173. The molecule has 0 bridgehead atoms. The zero-order valence-electron chi connectivity index (χ0n) is 29.5. The van der Waals surface area contributed by atoms with Crippen LogP contribution in [-0.4, -0.2) is 99.6 Å². The number of aliphatic hydroxyl groups excluding tert-OH is 1. The fraction of sp³-hybridized carbons (Fsp3) is 0.512. The Labute approximate surface area is 300 Å². The van der Waals surface area contributed by atoms with Crippen LogP contribution in [0.25, 0.3) is 0 Å². The molecule has 1 saturated carbocycles.